The van der Waals surface area contributed by atoms with Crippen molar-refractivity contribution in [1.82, 2.24) is 5.32 Å². The van der Waals surface area contributed by atoms with E-state index in [2.05, 4.69) is 26.1 Å². The van der Waals surface area contributed by atoms with E-state index in [9.17, 15) is 5.11 Å². The number of phenolic OH excluding ortho intramolecular Hbond substituents is 1. The number of nitrogens with one attached hydrogen (secondary N) is 1. The van der Waals surface area contributed by atoms with Crippen LogP contribution in [0.1, 0.15) is 26.3 Å². The lowest BCUT2D eigenvalue weighted by molar-refractivity contribution is 0.366. The van der Waals surface area contributed by atoms with Crippen molar-refractivity contribution in [3.63, 3.8) is 0 Å². The minimum atomic E-state index is 0.230. The minimum absolute atomic E-state index is 0.230. The zero-order chi connectivity index (χ0) is 12.1. The second-order valence-electron chi connectivity index (χ2n) is 4.38. The fourth-order valence-electron chi connectivity index (χ4n) is 1.38. The van der Waals surface area contributed by atoms with E-state index >= 15 is 0 Å². The van der Waals surface area contributed by atoms with E-state index in [0.29, 0.717) is 24.3 Å². The molecule has 0 amide bonds. The highest BCUT2D eigenvalue weighted by molar-refractivity contribution is 5.45. The van der Waals surface area contributed by atoms with Crippen LogP contribution in [0.15, 0.2) is 18.2 Å². The molecule has 0 spiro atoms. The van der Waals surface area contributed by atoms with Crippen LogP contribution in [0.2, 0.25) is 0 Å². The summed E-state index contributed by atoms with van der Waals surface area (Å²) in [5.74, 6) is 1.33. The van der Waals surface area contributed by atoms with Crippen LogP contribution in [0, 0.1) is 5.92 Å². The van der Waals surface area contributed by atoms with E-state index in [1.807, 2.05) is 12.1 Å². The van der Waals surface area contributed by atoms with Crippen molar-refractivity contribution in [2.75, 3.05) is 7.11 Å². The van der Waals surface area contributed by atoms with Gasteiger partial charge in [0.1, 0.15) is 0 Å². The molecule has 0 saturated heterocycles. The summed E-state index contributed by atoms with van der Waals surface area (Å²) in [6.45, 7) is 7.14. The van der Waals surface area contributed by atoms with E-state index in [4.69, 9.17) is 4.74 Å². The Bertz CT molecular complexity index is 337. The molecule has 1 atom stereocenters. The summed E-state index contributed by atoms with van der Waals surface area (Å²) in [6, 6.07) is 5.96. The summed E-state index contributed by atoms with van der Waals surface area (Å²) in [7, 11) is 1.56. The van der Waals surface area contributed by atoms with E-state index in [1.54, 1.807) is 13.2 Å². The van der Waals surface area contributed by atoms with Gasteiger partial charge in [-0.3, -0.25) is 0 Å². The van der Waals surface area contributed by atoms with Crippen LogP contribution in [-0.2, 0) is 6.54 Å². The summed E-state index contributed by atoms with van der Waals surface area (Å²) >= 11 is 0. The Morgan fingerprint density at radius 1 is 1.31 bits per heavy atom. The number of hydrogen-bond acceptors (Lipinski definition) is 3. The van der Waals surface area contributed by atoms with E-state index in [0.717, 1.165) is 5.56 Å². The zero-order valence-corrected chi connectivity index (χ0v) is 10.4. The third kappa shape index (κ3) is 3.14. The molecule has 0 bridgehead atoms. The molecule has 0 aliphatic heterocycles. The first kappa shape index (κ1) is 12.8. The van der Waals surface area contributed by atoms with Gasteiger partial charge in [0.05, 0.1) is 7.11 Å². The number of para-hydroxylation sites is 1. The van der Waals surface area contributed by atoms with Gasteiger partial charge in [0, 0.05) is 18.2 Å². The molecule has 3 nitrogen and oxygen atoms in total. The molecule has 1 aromatic carbocycles. The minimum Gasteiger partial charge on any atom is -0.504 e. The molecule has 0 saturated carbocycles. The summed E-state index contributed by atoms with van der Waals surface area (Å²) in [5, 5.41) is 13.3. The van der Waals surface area contributed by atoms with Crippen molar-refractivity contribution < 1.29 is 9.84 Å². The number of hydrogen-bond donors (Lipinski definition) is 2. The first-order chi connectivity index (χ1) is 7.56. The van der Waals surface area contributed by atoms with Gasteiger partial charge in [0.25, 0.3) is 0 Å². The Kier molecular flexibility index (Phi) is 4.62. The number of aromatic hydroxyl groups is 1. The SMILES string of the molecule is COc1cccc(CNC(C)C(C)C)c1O. The van der Waals surface area contributed by atoms with Crippen LogP contribution in [-0.4, -0.2) is 18.3 Å². The molecular formula is C13H21NO2. The van der Waals surface area contributed by atoms with Crippen molar-refractivity contribution in [2.45, 2.75) is 33.4 Å². The maximum atomic E-state index is 9.88. The Morgan fingerprint density at radius 3 is 2.56 bits per heavy atom. The molecule has 0 radical (unpaired) electrons. The molecule has 90 valence electrons. The zero-order valence-electron chi connectivity index (χ0n) is 10.4. The Morgan fingerprint density at radius 2 is 2.00 bits per heavy atom. The van der Waals surface area contributed by atoms with E-state index in [1.165, 1.54) is 0 Å². The van der Waals surface area contributed by atoms with Crippen molar-refractivity contribution in [1.29, 1.82) is 0 Å². The fraction of sp³-hybridized carbons (Fsp3) is 0.538. The Hall–Kier alpha value is -1.22. The van der Waals surface area contributed by atoms with Gasteiger partial charge in [0.15, 0.2) is 11.5 Å². The Labute approximate surface area is 97.4 Å². The number of benzene rings is 1. The molecule has 1 aromatic rings. The lowest BCUT2D eigenvalue weighted by atomic mass is 10.1. The quantitative estimate of drug-likeness (QED) is 0.806. The highest BCUT2D eigenvalue weighted by Crippen LogP contribution is 2.29. The highest BCUT2D eigenvalue weighted by atomic mass is 16.5. The van der Waals surface area contributed by atoms with Crippen LogP contribution in [0.3, 0.4) is 0 Å². The first-order valence-electron chi connectivity index (χ1n) is 5.64. The molecule has 0 aromatic heterocycles. The largest absolute Gasteiger partial charge is 0.504 e. The third-order valence-corrected chi connectivity index (χ3v) is 2.92. The normalized spacial score (nSPS) is 12.8. The van der Waals surface area contributed by atoms with Crippen LogP contribution in [0.5, 0.6) is 11.5 Å². The topological polar surface area (TPSA) is 41.5 Å². The van der Waals surface area contributed by atoms with Gasteiger partial charge in [-0.15, -0.1) is 0 Å². The molecule has 0 fully saturated rings. The van der Waals surface area contributed by atoms with Gasteiger partial charge >= 0.3 is 0 Å². The van der Waals surface area contributed by atoms with E-state index in [-0.39, 0.29) is 5.75 Å². The van der Waals surface area contributed by atoms with Gasteiger partial charge in [-0.05, 0) is 18.9 Å². The number of methoxy groups -OCH3 is 1. The smallest absolute Gasteiger partial charge is 0.162 e. The summed E-state index contributed by atoms with van der Waals surface area (Å²) in [5.41, 5.74) is 0.867. The molecule has 1 unspecified atom stereocenters. The molecule has 1 rings (SSSR count). The van der Waals surface area contributed by atoms with Gasteiger partial charge in [-0.1, -0.05) is 26.0 Å². The molecule has 0 aliphatic carbocycles. The van der Waals surface area contributed by atoms with Crippen LogP contribution < -0.4 is 10.1 Å². The van der Waals surface area contributed by atoms with Crippen molar-refractivity contribution in [3.05, 3.63) is 23.8 Å². The van der Waals surface area contributed by atoms with Crippen LogP contribution in [0.25, 0.3) is 0 Å². The molecule has 2 N–H and O–H groups in total. The molecule has 0 aliphatic rings. The lowest BCUT2D eigenvalue weighted by Gasteiger charge is -2.18. The van der Waals surface area contributed by atoms with Gasteiger partial charge in [0.2, 0.25) is 0 Å². The van der Waals surface area contributed by atoms with E-state index < -0.39 is 0 Å². The highest BCUT2D eigenvalue weighted by Gasteiger charge is 2.10. The average molecular weight is 223 g/mol. The number of ether oxygens (including phenoxy) is 1. The van der Waals surface area contributed by atoms with Crippen LogP contribution in [0.4, 0.5) is 0 Å². The second-order valence-corrected chi connectivity index (χ2v) is 4.38. The maximum Gasteiger partial charge on any atom is 0.162 e. The second kappa shape index (κ2) is 5.75. The summed E-state index contributed by atoms with van der Waals surface area (Å²) in [4.78, 5) is 0. The Balaban J connectivity index is 2.67. The standard InChI is InChI=1S/C13H21NO2/c1-9(2)10(3)14-8-11-6-5-7-12(16-4)13(11)15/h5-7,9-10,14-15H,8H2,1-4H3. The predicted octanol–water partition coefficient (Wildman–Crippen LogP) is 2.53. The molecule has 3 heteroatoms. The van der Waals surface area contributed by atoms with Crippen molar-refractivity contribution in [3.8, 4) is 11.5 Å². The van der Waals surface area contributed by atoms with Crippen LogP contribution >= 0.6 is 0 Å². The predicted molar refractivity (Wildman–Crippen MR) is 65.8 cm³/mol. The molecule has 16 heavy (non-hydrogen) atoms. The molecular weight excluding hydrogens is 202 g/mol. The third-order valence-electron chi connectivity index (χ3n) is 2.92. The number of rotatable bonds is 5. The first-order valence-corrected chi connectivity index (χ1v) is 5.64. The van der Waals surface area contributed by atoms with Crippen molar-refractivity contribution in [2.24, 2.45) is 5.92 Å². The average Bonchev–Trinajstić information content (AvgIpc) is 2.27. The summed E-state index contributed by atoms with van der Waals surface area (Å²) < 4.78 is 5.06. The molecule has 0 heterocycles. The number of phenols is 1. The monoisotopic (exact) mass is 223 g/mol. The van der Waals surface area contributed by atoms with Crippen molar-refractivity contribution >= 4 is 0 Å². The van der Waals surface area contributed by atoms with Gasteiger partial charge < -0.3 is 15.2 Å². The lowest BCUT2D eigenvalue weighted by Crippen LogP contribution is -2.30. The summed E-state index contributed by atoms with van der Waals surface area (Å²) in [6.07, 6.45) is 0. The maximum absolute atomic E-state index is 9.88. The van der Waals surface area contributed by atoms with Gasteiger partial charge in [-0.2, -0.15) is 0 Å². The fourth-order valence-corrected chi connectivity index (χ4v) is 1.38. The van der Waals surface area contributed by atoms with Gasteiger partial charge in [-0.25, -0.2) is 0 Å².